The summed E-state index contributed by atoms with van der Waals surface area (Å²) in [6.07, 6.45) is 0. The van der Waals surface area contributed by atoms with Crippen LogP contribution < -0.4 is 14.4 Å². The molecule has 0 aromatic carbocycles. The molecule has 0 N–H and O–H groups in total. The van der Waals surface area contributed by atoms with Crippen molar-refractivity contribution >= 4 is 21.9 Å². The maximum atomic E-state index is 5.38. The minimum Gasteiger partial charge on any atom is -0.481 e. The van der Waals surface area contributed by atoms with Gasteiger partial charge in [-0.05, 0) is 0 Å². The van der Waals surface area contributed by atoms with Gasteiger partial charge in [-0.15, -0.1) is 0 Å². The maximum Gasteiger partial charge on any atom is 0.231 e. The summed E-state index contributed by atoms with van der Waals surface area (Å²) < 4.78 is 15.6. The Morgan fingerprint density at radius 2 is 1.78 bits per heavy atom. The first-order valence-corrected chi connectivity index (χ1v) is 6.65. The van der Waals surface area contributed by atoms with Crippen LogP contribution in [0.25, 0.3) is 0 Å². The molecule has 1 aromatic heterocycles. The summed E-state index contributed by atoms with van der Waals surface area (Å²) in [6.45, 7) is 2.00. The molecule has 7 heteroatoms. The third kappa shape index (κ3) is 4.66. The van der Waals surface area contributed by atoms with Gasteiger partial charge in [0.2, 0.25) is 17.7 Å². The van der Waals surface area contributed by atoms with Crippen LogP contribution in [-0.2, 0) is 4.74 Å². The van der Waals surface area contributed by atoms with Gasteiger partial charge in [0.25, 0.3) is 0 Å². The number of likely N-dealkylation sites (N-methyl/N-ethyl adjacent to an activating group) is 1. The fraction of sp³-hybridized carbons (Fsp3) is 0.636. The molecule has 6 nitrogen and oxygen atoms in total. The van der Waals surface area contributed by atoms with Gasteiger partial charge in [0, 0.05) is 18.9 Å². The van der Waals surface area contributed by atoms with Gasteiger partial charge in [0.05, 0.1) is 33.5 Å². The van der Waals surface area contributed by atoms with Crippen LogP contribution in [-0.4, -0.2) is 56.3 Å². The van der Waals surface area contributed by atoms with Crippen LogP contribution >= 0.6 is 15.9 Å². The van der Waals surface area contributed by atoms with Crippen LogP contribution in [0.4, 0.5) is 5.95 Å². The Labute approximate surface area is 115 Å². The van der Waals surface area contributed by atoms with Crippen molar-refractivity contribution in [3.8, 4) is 11.8 Å². The van der Waals surface area contributed by atoms with E-state index in [2.05, 4.69) is 25.9 Å². The van der Waals surface area contributed by atoms with Crippen molar-refractivity contribution in [3.63, 3.8) is 0 Å². The zero-order chi connectivity index (χ0) is 13.4. The first-order chi connectivity index (χ1) is 8.71. The molecule has 1 heterocycles. The smallest absolute Gasteiger partial charge is 0.231 e. The van der Waals surface area contributed by atoms with E-state index in [0.29, 0.717) is 37.5 Å². The van der Waals surface area contributed by atoms with Gasteiger partial charge >= 0.3 is 0 Å². The van der Waals surface area contributed by atoms with Gasteiger partial charge in [-0.2, -0.15) is 9.97 Å². The number of aromatic nitrogens is 2. The molecule has 0 radical (unpaired) electrons. The molecule has 0 atom stereocenters. The number of methoxy groups -OCH3 is 2. The summed E-state index contributed by atoms with van der Waals surface area (Å²) in [6, 6.07) is 1.64. The summed E-state index contributed by atoms with van der Waals surface area (Å²) in [5, 5.41) is 0.834. The lowest BCUT2D eigenvalue weighted by Gasteiger charge is -2.17. The number of hydrogen-bond donors (Lipinski definition) is 0. The predicted molar refractivity (Wildman–Crippen MR) is 73.0 cm³/mol. The van der Waals surface area contributed by atoms with Gasteiger partial charge < -0.3 is 19.1 Å². The van der Waals surface area contributed by atoms with E-state index in [4.69, 9.17) is 14.2 Å². The number of nitrogens with zero attached hydrogens (tertiary/aromatic N) is 3. The fourth-order valence-corrected chi connectivity index (χ4v) is 1.46. The van der Waals surface area contributed by atoms with Gasteiger partial charge in [-0.3, -0.25) is 0 Å². The van der Waals surface area contributed by atoms with Crippen LogP contribution in [0.3, 0.4) is 0 Å². The van der Waals surface area contributed by atoms with Crippen molar-refractivity contribution < 1.29 is 14.2 Å². The molecule has 102 valence electrons. The summed E-state index contributed by atoms with van der Waals surface area (Å²) in [5.74, 6) is 1.50. The number of rotatable bonds is 8. The van der Waals surface area contributed by atoms with Crippen LogP contribution in [0.15, 0.2) is 6.07 Å². The van der Waals surface area contributed by atoms with E-state index >= 15 is 0 Å². The Morgan fingerprint density at radius 3 is 2.28 bits per heavy atom. The van der Waals surface area contributed by atoms with Crippen LogP contribution in [0.2, 0.25) is 0 Å². The first-order valence-electron chi connectivity index (χ1n) is 5.53. The Morgan fingerprint density at radius 1 is 1.17 bits per heavy atom. The van der Waals surface area contributed by atoms with E-state index in [1.165, 1.54) is 0 Å². The molecule has 18 heavy (non-hydrogen) atoms. The molecule has 0 amide bonds. The van der Waals surface area contributed by atoms with Crippen LogP contribution in [0.5, 0.6) is 11.8 Å². The molecule has 0 spiro atoms. The van der Waals surface area contributed by atoms with Gasteiger partial charge in [0.1, 0.15) is 0 Å². The molecule has 0 saturated carbocycles. The third-order valence-corrected chi connectivity index (χ3v) is 2.54. The number of ether oxygens (including phenoxy) is 3. The number of anilines is 1. The van der Waals surface area contributed by atoms with E-state index in [0.717, 1.165) is 5.33 Å². The van der Waals surface area contributed by atoms with Crippen molar-refractivity contribution in [2.75, 3.05) is 51.3 Å². The van der Waals surface area contributed by atoms with Gasteiger partial charge in [0.15, 0.2) is 0 Å². The van der Waals surface area contributed by atoms with Crippen LogP contribution in [0.1, 0.15) is 0 Å². The van der Waals surface area contributed by atoms with Gasteiger partial charge in [-0.1, -0.05) is 15.9 Å². The predicted octanol–water partition coefficient (Wildman–Crippen LogP) is 1.34. The number of alkyl halides is 1. The highest BCUT2D eigenvalue weighted by Crippen LogP contribution is 2.19. The second-order valence-corrected chi connectivity index (χ2v) is 4.27. The van der Waals surface area contributed by atoms with Crippen molar-refractivity contribution in [2.45, 2.75) is 0 Å². The second-order valence-electron chi connectivity index (χ2n) is 3.48. The minimum absolute atomic E-state index is 0.477. The quantitative estimate of drug-likeness (QED) is 0.532. The summed E-state index contributed by atoms with van der Waals surface area (Å²) in [4.78, 5) is 10.4. The molecule has 0 bridgehead atoms. The monoisotopic (exact) mass is 319 g/mol. The topological polar surface area (TPSA) is 56.7 Å². The third-order valence-electron chi connectivity index (χ3n) is 2.22. The summed E-state index contributed by atoms with van der Waals surface area (Å²) >= 11 is 3.30. The lowest BCUT2D eigenvalue weighted by Crippen LogP contribution is -2.25. The molecule has 0 aliphatic carbocycles. The molecular formula is C11H18BrN3O3. The highest BCUT2D eigenvalue weighted by Gasteiger charge is 2.09. The second kappa shape index (κ2) is 8.10. The average molecular weight is 320 g/mol. The van der Waals surface area contributed by atoms with E-state index in [1.54, 1.807) is 20.3 Å². The van der Waals surface area contributed by atoms with Gasteiger partial charge in [-0.25, -0.2) is 0 Å². The highest BCUT2D eigenvalue weighted by atomic mass is 79.9. The highest BCUT2D eigenvalue weighted by molar-refractivity contribution is 9.09. The molecule has 0 fully saturated rings. The van der Waals surface area contributed by atoms with Crippen LogP contribution in [0, 0.1) is 0 Å². The summed E-state index contributed by atoms with van der Waals surface area (Å²) in [5.41, 5.74) is 0. The Hall–Kier alpha value is -1.08. The molecule has 0 saturated heterocycles. The Balaban J connectivity index is 2.63. The van der Waals surface area contributed by atoms with Crippen molar-refractivity contribution in [1.29, 1.82) is 0 Å². The molecule has 1 rings (SSSR count). The zero-order valence-electron chi connectivity index (χ0n) is 10.9. The molecule has 1 aromatic rings. The van der Waals surface area contributed by atoms with E-state index in [-0.39, 0.29) is 0 Å². The largest absolute Gasteiger partial charge is 0.481 e. The summed E-state index contributed by atoms with van der Waals surface area (Å²) in [7, 11) is 5.01. The minimum atomic E-state index is 0.477. The molecule has 0 aliphatic rings. The molecule has 0 unspecified atom stereocenters. The fourth-order valence-electron chi connectivity index (χ4n) is 1.23. The van der Waals surface area contributed by atoms with E-state index in [9.17, 15) is 0 Å². The number of hydrogen-bond acceptors (Lipinski definition) is 6. The molecule has 0 aliphatic heterocycles. The average Bonchev–Trinajstić information content (AvgIpc) is 2.42. The lowest BCUT2D eigenvalue weighted by atomic mass is 10.5. The Bertz CT molecular complexity index is 343. The van der Waals surface area contributed by atoms with Crippen molar-refractivity contribution in [2.24, 2.45) is 0 Å². The first kappa shape index (κ1) is 15.0. The maximum absolute atomic E-state index is 5.38. The Kier molecular flexibility index (Phi) is 6.74. The van der Waals surface area contributed by atoms with Crippen molar-refractivity contribution in [3.05, 3.63) is 6.07 Å². The van der Waals surface area contributed by atoms with Crippen molar-refractivity contribution in [1.82, 2.24) is 9.97 Å². The van der Waals surface area contributed by atoms with E-state index in [1.807, 2.05) is 11.9 Å². The van der Waals surface area contributed by atoms with E-state index < -0.39 is 0 Å². The normalized spacial score (nSPS) is 10.2. The standard InChI is InChI=1S/C11H18BrN3O3/c1-15(5-7-18-6-4-12)11-13-9(16-2)8-10(14-11)17-3/h8H,4-7H2,1-3H3. The zero-order valence-corrected chi connectivity index (χ0v) is 12.4. The lowest BCUT2D eigenvalue weighted by molar-refractivity contribution is 0.157. The SMILES string of the molecule is COc1cc(OC)nc(N(C)CCOCCBr)n1. The number of halogens is 1. The molecular weight excluding hydrogens is 302 g/mol.